The molecule has 2 heterocycles. The van der Waals surface area contributed by atoms with E-state index in [2.05, 4.69) is 20.9 Å². The molecular formula is C12H16BrNO3. The van der Waals surface area contributed by atoms with Gasteiger partial charge < -0.3 is 14.6 Å². The third kappa shape index (κ3) is 3.66. The molecule has 0 saturated carbocycles. The Kier molecular flexibility index (Phi) is 4.76. The van der Waals surface area contributed by atoms with Gasteiger partial charge >= 0.3 is 0 Å². The van der Waals surface area contributed by atoms with Gasteiger partial charge in [-0.15, -0.1) is 0 Å². The monoisotopic (exact) mass is 301 g/mol. The Morgan fingerprint density at radius 1 is 1.47 bits per heavy atom. The van der Waals surface area contributed by atoms with Crippen molar-refractivity contribution in [2.24, 2.45) is 5.92 Å². The summed E-state index contributed by atoms with van der Waals surface area (Å²) in [6, 6.07) is 1.83. The van der Waals surface area contributed by atoms with Gasteiger partial charge in [-0.1, -0.05) is 0 Å². The van der Waals surface area contributed by atoms with Crippen LogP contribution in [0, 0.1) is 5.92 Å². The molecule has 1 aliphatic heterocycles. The summed E-state index contributed by atoms with van der Waals surface area (Å²) < 4.78 is 11.8. The second-order valence-electron chi connectivity index (χ2n) is 4.14. The molecule has 0 bridgehead atoms. The lowest BCUT2D eigenvalue weighted by atomic mass is 10.0. The van der Waals surface area contributed by atoms with E-state index in [-0.39, 0.29) is 6.61 Å². The van der Waals surface area contributed by atoms with Gasteiger partial charge in [0.05, 0.1) is 13.2 Å². The summed E-state index contributed by atoms with van der Waals surface area (Å²) in [6.07, 6.45) is 3.74. The Labute approximate surface area is 109 Å². The van der Waals surface area contributed by atoms with E-state index in [0.717, 1.165) is 30.5 Å². The number of aromatic nitrogens is 1. The Morgan fingerprint density at radius 2 is 2.24 bits per heavy atom. The van der Waals surface area contributed by atoms with Crippen molar-refractivity contribution in [2.75, 3.05) is 19.8 Å². The largest absolute Gasteiger partial charge is 0.477 e. The van der Waals surface area contributed by atoms with E-state index in [0.29, 0.717) is 24.0 Å². The first kappa shape index (κ1) is 12.8. The van der Waals surface area contributed by atoms with Gasteiger partial charge in [-0.05, 0) is 40.8 Å². The molecule has 5 heteroatoms. The molecule has 0 aliphatic carbocycles. The lowest BCUT2D eigenvalue weighted by Gasteiger charge is -2.22. The average molecular weight is 302 g/mol. The Hall–Kier alpha value is -0.650. The second-order valence-corrected chi connectivity index (χ2v) is 5.06. The SMILES string of the molecule is OCc1cc(Br)cnc1OCC1CCOCC1. The zero-order valence-electron chi connectivity index (χ0n) is 9.56. The summed E-state index contributed by atoms with van der Waals surface area (Å²) in [5.74, 6) is 1.06. The molecule has 1 aliphatic rings. The van der Waals surface area contributed by atoms with Crippen molar-refractivity contribution in [1.82, 2.24) is 4.98 Å². The number of aliphatic hydroxyl groups excluding tert-OH is 1. The van der Waals surface area contributed by atoms with Gasteiger partial charge in [0.1, 0.15) is 0 Å². The maximum Gasteiger partial charge on any atom is 0.218 e. The summed E-state index contributed by atoms with van der Waals surface area (Å²) in [7, 11) is 0. The van der Waals surface area contributed by atoms with Crippen LogP contribution < -0.4 is 4.74 Å². The summed E-state index contributed by atoms with van der Waals surface area (Å²) in [6.45, 7) is 2.21. The minimum atomic E-state index is -0.0600. The van der Waals surface area contributed by atoms with Crippen molar-refractivity contribution in [2.45, 2.75) is 19.4 Å². The smallest absolute Gasteiger partial charge is 0.218 e. The molecule has 1 aromatic rings. The topological polar surface area (TPSA) is 51.6 Å². The zero-order chi connectivity index (χ0) is 12.1. The minimum absolute atomic E-state index is 0.0600. The van der Waals surface area contributed by atoms with Gasteiger partial charge in [-0.2, -0.15) is 0 Å². The molecule has 1 fully saturated rings. The van der Waals surface area contributed by atoms with E-state index in [1.54, 1.807) is 6.20 Å². The number of hydrogen-bond acceptors (Lipinski definition) is 4. The zero-order valence-corrected chi connectivity index (χ0v) is 11.1. The highest BCUT2D eigenvalue weighted by Gasteiger charge is 2.15. The quantitative estimate of drug-likeness (QED) is 0.926. The van der Waals surface area contributed by atoms with Gasteiger partial charge in [-0.25, -0.2) is 4.98 Å². The number of aliphatic hydroxyl groups is 1. The maximum atomic E-state index is 9.22. The van der Waals surface area contributed by atoms with E-state index in [4.69, 9.17) is 9.47 Å². The molecule has 0 unspecified atom stereocenters. The first-order chi connectivity index (χ1) is 8.29. The summed E-state index contributed by atoms with van der Waals surface area (Å²) in [4.78, 5) is 4.17. The Balaban J connectivity index is 1.93. The Bertz CT molecular complexity index is 367. The van der Waals surface area contributed by atoms with Crippen LogP contribution in [0.5, 0.6) is 5.88 Å². The van der Waals surface area contributed by atoms with Crippen molar-refractivity contribution in [1.29, 1.82) is 0 Å². The molecule has 0 radical (unpaired) electrons. The molecule has 0 amide bonds. The summed E-state index contributed by atoms with van der Waals surface area (Å²) in [5, 5.41) is 9.22. The average Bonchev–Trinajstić information content (AvgIpc) is 2.38. The second kappa shape index (κ2) is 6.33. The third-order valence-electron chi connectivity index (χ3n) is 2.86. The summed E-state index contributed by atoms with van der Waals surface area (Å²) >= 11 is 3.32. The predicted molar refractivity (Wildman–Crippen MR) is 66.9 cm³/mol. The molecule has 1 saturated heterocycles. The fraction of sp³-hybridized carbons (Fsp3) is 0.583. The number of ether oxygens (including phenoxy) is 2. The predicted octanol–water partition coefficient (Wildman–Crippen LogP) is 2.14. The molecule has 0 aromatic carbocycles. The standard InChI is InChI=1S/C12H16BrNO3/c13-11-5-10(7-15)12(14-6-11)17-8-9-1-3-16-4-2-9/h5-6,9,15H,1-4,7-8H2. The fourth-order valence-corrected chi connectivity index (χ4v) is 2.20. The van der Waals surface area contributed by atoms with Crippen LogP contribution in [0.4, 0.5) is 0 Å². The van der Waals surface area contributed by atoms with Gasteiger partial charge in [0.2, 0.25) is 5.88 Å². The number of nitrogens with zero attached hydrogens (tertiary/aromatic N) is 1. The van der Waals surface area contributed by atoms with Gasteiger partial charge in [0, 0.05) is 29.4 Å². The van der Waals surface area contributed by atoms with Gasteiger partial charge in [-0.3, -0.25) is 0 Å². The molecule has 4 nitrogen and oxygen atoms in total. The number of rotatable bonds is 4. The van der Waals surface area contributed by atoms with E-state index in [9.17, 15) is 5.11 Å². The van der Waals surface area contributed by atoms with Crippen molar-refractivity contribution in [3.05, 3.63) is 22.3 Å². The van der Waals surface area contributed by atoms with Crippen LogP contribution in [0.15, 0.2) is 16.7 Å². The highest BCUT2D eigenvalue weighted by Crippen LogP contribution is 2.22. The highest BCUT2D eigenvalue weighted by atomic mass is 79.9. The third-order valence-corrected chi connectivity index (χ3v) is 3.29. The summed E-state index contributed by atoms with van der Waals surface area (Å²) in [5.41, 5.74) is 0.714. The number of hydrogen-bond donors (Lipinski definition) is 1. The van der Waals surface area contributed by atoms with Crippen LogP contribution in [0.3, 0.4) is 0 Å². The minimum Gasteiger partial charge on any atom is -0.477 e. The van der Waals surface area contributed by atoms with E-state index < -0.39 is 0 Å². The molecule has 1 N–H and O–H groups in total. The van der Waals surface area contributed by atoms with E-state index in [1.165, 1.54) is 0 Å². The normalized spacial score (nSPS) is 17.1. The number of pyridine rings is 1. The molecule has 17 heavy (non-hydrogen) atoms. The molecular weight excluding hydrogens is 286 g/mol. The number of halogens is 1. The molecule has 1 aromatic heterocycles. The van der Waals surface area contributed by atoms with Crippen LogP contribution in [0.1, 0.15) is 18.4 Å². The van der Waals surface area contributed by atoms with Gasteiger partial charge in [0.25, 0.3) is 0 Å². The maximum absolute atomic E-state index is 9.22. The van der Waals surface area contributed by atoms with E-state index in [1.807, 2.05) is 6.07 Å². The molecule has 2 rings (SSSR count). The highest BCUT2D eigenvalue weighted by molar-refractivity contribution is 9.10. The Morgan fingerprint density at radius 3 is 2.94 bits per heavy atom. The first-order valence-electron chi connectivity index (χ1n) is 5.75. The van der Waals surface area contributed by atoms with Crippen molar-refractivity contribution >= 4 is 15.9 Å². The lowest BCUT2D eigenvalue weighted by molar-refractivity contribution is 0.0486. The van der Waals surface area contributed by atoms with Crippen LogP contribution >= 0.6 is 15.9 Å². The lowest BCUT2D eigenvalue weighted by Crippen LogP contribution is -2.22. The first-order valence-corrected chi connectivity index (χ1v) is 6.54. The van der Waals surface area contributed by atoms with Gasteiger partial charge in [0.15, 0.2) is 0 Å². The van der Waals surface area contributed by atoms with Crippen molar-refractivity contribution < 1.29 is 14.6 Å². The van der Waals surface area contributed by atoms with Crippen molar-refractivity contribution in [3.8, 4) is 5.88 Å². The molecule has 0 atom stereocenters. The molecule has 94 valence electrons. The van der Waals surface area contributed by atoms with Crippen molar-refractivity contribution in [3.63, 3.8) is 0 Å². The van der Waals surface area contributed by atoms with E-state index >= 15 is 0 Å². The molecule has 0 spiro atoms. The van der Waals surface area contributed by atoms with Crippen LogP contribution in [0.25, 0.3) is 0 Å². The van der Waals surface area contributed by atoms with Crippen LogP contribution in [-0.4, -0.2) is 29.9 Å². The van der Waals surface area contributed by atoms with Crippen LogP contribution in [-0.2, 0) is 11.3 Å². The van der Waals surface area contributed by atoms with Crippen LogP contribution in [0.2, 0.25) is 0 Å². The fourth-order valence-electron chi connectivity index (χ4n) is 1.82.